The lowest BCUT2D eigenvalue weighted by Gasteiger charge is -2.28. The maximum atomic E-state index is 12.1. The van der Waals surface area contributed by atoms with Crippen molar-refractivity contribution >= 4 is 46.6 Å². The number of fused-ring (bicyclic) bond motifs is 1. The average molecular weight is 347 g/mol. The quantitative estimate of drug-likeness (QED) is 0.915. The van der Waals surface area contributed by atoms with Crippen molar-refractivity contribution in [1.29, 1.82) is 0 Å². The van der Waals surface area contributed by atoms with Gasteiger partial charge in [0.25, 0.3) is 0 Å². The van der Waals surface area contributed by atoms with Gasteiger partial charge in [-0.1, -0.05) is 29.8 Å². The van der Waals surface area contributed by atoms with Crippen LogP contribution in [0.15, 0.2) is 53.4 Å². The van der Waals surface area contributed by atoms with Crippen molar-refractivity contribution in [3.05, 3.63) is 53.6 Å². The Morgan fingerprint density at radius 2 is 2.04 bits per heavy atom. The SMILES string of the molecule is O=C(CCN1C(=O)CSc2ccccc21)Nc1cccc(Cl)c1. The fraction of sp³-hybridized carbons (Fsp3) is 0.176. The van der Waals surface area contributed by atoms with Crippen LogP contribution in [0, 0.1) is 0 Å². The lowest BCUT2D eigenvalue weighted by atomic mass is 10.2. The summed E-state index contributed by atoms with van der Waals surface area (Å²) in [7, 11) is 0. The molecule has 3 rings (SSSR count). The molecule has 1 N–H and O–H groups in total. The highest BCUT2D eigenvalue weighted by molar-refractivity contribution is 8.00. The van der Waals surface area contributed by atoms with Crippen LogP contribution in [0.2, 0.25) is 5.02 Å². The number of thioether (sulfide) groups is 1. The van der Waals surface area contributed by atoms with Gasteiger partial charge < -0.3 is 10.2 Å². The molecule has 1 aliphatic heterocycles. The van der Waals surface area contributed by atoms with Crippen LogP contribution < -0.4 is 10.2 Å². The van der Waals surface area contributed by atoms with Gasteiger partial charge in [0.1, 0.15) is 0 Å². The highest BCUT2D eigenvalue weighted by Crippen LogP contribution is 2.34. The summed E-state index contributed by atoms with van der Waals surface area (Å²) in [6.07, 6.45) is 0.233. The standard InChI is InChI=1S/C17H15ClN2O2S/c18-12-4-3-5-13(10-12)19-16(21)8-9-20-14-6-1-2-7-15(14)23-11-17(20)22/h1-7,10H,8-9,11H2,(H,19,21). The molecule has 23 heavy (non-hydrogen) atoms. The number of nitrogens with one attached hydrogen (secondary N) is 1. The number of benzene rings is 2. The number of nitrogens with zero attached hydrogens (tertiary/aromatic N) is 1. The Morgan fingerprint density at radius 3 is 2.87 bits per heavy atom. The molecular formula is C17H15ClN2O2S. The molecule has 2 amide bonds. The summed E-state index contributed by atoms with van der Waals surface area (Å²) in [4.78, 5) is 27.0. The molecule has 0 radical (unpaired) electrons. The molecule has 0 saturated heterocycles. The summed E-state index contributed by atoms with van der Waals surface area (Å²) in [5.41, 5.74) is 1.53. The summed E-state index contributed by atoms with van der Waals surface area (Å²) >= 11 is 7.43. The number of anilines is 2. The van der Waals surface area contributed by atoms with Gasteiger partial charge >= 0.3 is 0 Å². The van der Waals surface area contributed by atoms with Crippen molar-refractivity contribution in [2.45, 2.75) is 11.3 Å². The molecule has 0 saturated carbocycles. The maximum absolute atomic E-state index is 12.1. The van der Waals surface area contributed by atoms with Gasteiger partial charge in [0.2, 0.25) is 11.8 Å². The van der Waals surface area contributed by atoms with Crippen LogP contribution in [-0.2, 0) is 9.59 Å². The zero-order valence-electron chi connectivity index (χ0n) is 12.3. The summed E-state index contributed by atoms with van der Waals surface area (Å²) in [6.45, 7) is 0.364. The average Bonchev–Trinajstić information content (AvgIpc) is 2.54. The van der Waals surface area contributed by atoms with E-state index in [0.717, 1.165) is 10.6 Å². The van der Waals surface area contributed by atoms with Crippen LogP contribution in [0.25, 0.3) is 0 Å². The van der Waals surface area contributed by atoms with Crippen molar-refractivity contribution in [3.63, 3.8) is 0 Å². The Morgan fingerprint density at radius 1 is 1.22 bits per heavy atom. The first kappa shape index (κ1) is 15.9. The number of rotatable bonds is 4. The Bertz CT molecular complexity index is 751. The Balaban J connectivity index is 1.64. The largest absolute Gasteiger partial charge is 0.326 e. The van der Waals surface area contributed by atoms with Gasteiger partial charge in [-0.3, -0.25) is 9.59 Å². The van der Waals surface area contributed by atoms with Gasteiger partial charge in [0.15, 0.2) is 0 Å². The molecule has 0 aliphatic carbocycles. The first-order valence-corrected chi connectivity index (χ1v) is 8.57. The van der Waals surface area contributed by atoms with E-state index in [1.54, 1.807) is 29.2 Å². The molecule has 1 heterocycles. The van der Waals surface area contributed by atoms with Crippen molar-refractivity contribution in [2.75, 3.05) is 22.5 Å². The molecule has 1 aliphatic rings. The number of hydrogen-bond donors (Lipinski definition) is 1. The fourth-order valence-electron chi connectivity index (χ4n) is 2.40. The molecule has 0 spiro atoms. The molecule has 0 fully saturated rings. The number of carbonyl (C=O) groups excluding carboxylic acids is 2. The normalized spacial score (nSPS) is 13.6. The van der Waals surface area contributed by atoms with Crippen molar-refractivity contribution < 1.29 is 9.59 Å². The van der Waals surface area contributed by atoms with E-state index in [1.165, 1.54) is 11.8 Å². The third-order valence-corrected chi connectivity index (χ3v) is 4.76. The zero-order valence-corrected chi connectivity index (χ0v) is 13.9. The molecule has 0 aromatic heterocycles. The molecule has 4 nitrogen and oxygen atoms in total. The van der Waals surface area contributed by atoms with E-state index in [1.807, 2.05) is 24.3 Å². The van der Waals surface area contributed by atoms with E-state index in [4.69, 9.17) is 11.6 Å². The molecule has 0 bridgehead atoms. The number of carbonyl (C=O) groups is 2. The first-order valence-electron chi connectivity index (χ1n) is 7.21. The van der Waals surface area contributed by atoms with Gasteiger partial charge in [0.05, 0.1) is 11.4 Å². The van der Waals surface area contributed by atoms with Gasteiger partial charge in [-0.05, 0) is 30.3 Å². The number of hydrogen-bond acceptors (Lipinski definition) is 3. The molecule has 0 atom stereocenters. The maximum Gasteiger partial charge on any atom is 0.237 e. The summed E-state index contributed by atoms with van der Waals surface area (Å²) in [5, 5.41) is 3.36. The van der Waals surface area contributed by atoms with Gasteiger partial charge in [0, 0.05) is 28.6 Å². The Hall–Kier alpha value is -1.98. The van der Waals surface area contributed by atoms with E-state index in [0.29, 0.717) is 23.0 Å². The first-order chi connectivity index (χ1) is 11.1. The molecule has 118 valence electrons. The minimum Gasteiger partial charge on any atom is -0.326 e. The highest BCUT2D eigenvalue weighted by atomic mass is 35.5. The summed E-state index contributed by atoms with van der Waals surface area (Å²) < 4.78 is 0. The van der Waals surface area contributed by atoms with Crippen molar-refractivity contribution in [2.24, 2.45) is 0 Å². The van der Waals surface area contributed by atoms with Crippen LogP contribution in [0.5, 0.6) is 0 Å². The molecule has 2 aromatic carbocycles. The van der Waals surface area contributed by atoms with Crippen molar-refractivity contribution in [1.82, 2.24) is 0 Å². The van der Waals surface area contributed by atoms with E-state index in [2.05, 4.69) is 5.32 Å². The number of amides is 2. The van der Waals surface area contributed by atoms with E-state index in [-0.39, 0.29) is 18.2 Å². The number of halogens is 1. The third kappa shape index (κ3) is 3.86. The topological polar surface area (TPSA) is 49.4 Å². The third-order valence-electron chi connectivity index (χ3n) is 3.48. The second kappa shape index (κ2) is 7.06. The zero-order chi connectivity index (χ0) is 16.2. The van der Waals surface area contributed by atoms with Gasteiger partial charge in [-0.25, -0.2) is 0 Å². The minimum atomic E-state index is -0.143. The Labute approximate surface area is 143 Å². The minimum absolute atomic E-state index is 0.0317. The van der Waals surface area contributed by atoms with Crippen molar-refractivity contribution in [3.8, 4) is 0 Å². The van der Waals surface area contributed by atoms with Crippen LogP contribution in [0.4, 0.5) is 11.4 Å². The lowest BCUT2D eigenvalue weighted by Crippen LogP contribution is -2.37. The van der Waals surface area contributed by atoms with Gasteiger partial charge in [-0.15, -0.1) is 11.8 Å². The number of para-hydroxylation sites is 1. The predicted octanol–water partition coefficient (Wildman–Crippen LogP) is 3.81. The lowest BCUT2D eigenvalue weighted by molar-refractivity contribution is -0.117. The summed E-state index contributed by atoms with van der Waals surface area (Å²) in [5.74, 6) is 0.299. The van der Waals surface area contributed by atoms with Crippen LogP contribution in [-0.4, -0.2) is 24.1 Å². The van der Waals surface area contributed by atoms with E-state index < -0.39 is 0 Å². The van der Waals surface area contributed by atoms with E-state index >= 15 is 0 Å². The van der Waals surface area contributed by atoms with Gasteiger partial charge in [-0.2, -0.15) is 0 Å². The van der Waals surface area contributed by atoms with Crippen LogP contribution >= 0.6 is 23.4 Å². The van der Waals surface area contributed by atoms with Crippen LogP contribution in [0.1, 0.15) is 6.42 Å². The summed E-state index contributed by atoms with van der Waals surface area (Å²) in [6, 6.07) is 14.7. The van der Waals surface area contributed by atoms with Crippen LogP contribution in [0.3, 0.4) is 0 Å². The second-order valence-corrected chi connectivity index (χ2v) is 6.56. The molecule has 6 heteroatoms. The Kier molecular flexibility index (Phi) is 4.88. The highest BCUT2D eigenvalue weighted by Gasteiger charge is 2.24. The fourth-order valence-corrected chi connectivity index (χ4v) is 3.53. The van der Waals surface area contributed by atoms with E-state index in [9.17, 15) is 9.59 Å². The predicted molar refractivity (Wildman–Crippen MR) is 94.2 cm³/mol. The molecule has 0 unspecified atom stereocenters. The smallest absolute Gasteiger partial charge is 0.237 e. The molecular weight excluding hydrogens is 332 g/mol. The monoisotopic (exact) mass is 346 g/mol. The molecule has 2 aromatic rings. The second-order valence-electron chi connectivity index (χ2n) is 5.11.